The van der Waals surface area contributed by atoms with Crippen molar-refractivity contribution in [2.75, 3.05) is 31.9 Å². The number of carbonyl (C=O) groups is 1. The molecule has 2 aromatic rings. The minimum absolute atomic E-state index is 0.00427. The number of hydrogen-bond donors (Lipinski definition) is 1. The van der Waals surface area contributed by atoms with E-state index in [1.165, 1.54) is 4.68 Å². The molecule has 2 aliphatic rings. The van der Waals surface area contributed by atoms with Crippen molar-refractivity contribution in [1.82, 2.24) is 20.0 Å². The lowest BCUT2D eigenvalue weighted by molar-refractivity contribution is -0.122. The van der Waals surface area contributed by atoms with Crippen molar-refractivity contribution < 1.29 is 27.1 Å². The molecule has 0 spiro atoms. The highest BCUT2D eigenvalue weighted by Crippen LogP contribution is 2.35. The zero-order chi connectivity index (χ0) is 20.6. The van der Waals surface area contributed by atoms with Crippen molar-refractivity contribution in [3.8, 4) is 23.0 Å². The Kier molecular flexibility index (Phi) is 5.32. The summed E-state index contributed by atoms with van der Waals surface area (Å²) in [5.74, 6) is 1.47. The Morgan fingerprint density at radius 1 is 1.38 bits per heavy atom. The summed E-state index contributed by atoms with van der Waals surface area (Å²) in [7, 11) is -1.30. The fourth-order valence-corrected chi connectivity index (χ4v) is 5.10. The predicted octanol–water partition coefficient (Wildman–Crippen LogP) is 0.794. The molecule has 1 fully saturated rings. The van der Waals surface area contributed by atoms with Gasteiger partial charge in [-0.1, -0.05) is 0 Å². The van der Waals surface area contributed by atoms with Gasteiger partial charge in [0.1, 0.15) is 0 Å². The number of ether oxygens (including phenoxy) is 2. The third-order valence-corrected chi connectivity index (χ3v) is 6.67. The van der Waals surface area contributed by atoms with Crippen molar-refractivity contribution in [2.45, 2.75) is 19.1 Å². The largest absolute Gasteiger partial charge is 0.454 e. The second-order valence-corrected chi connectivity index (χ2v) is 9.64. The predicted molar refractivity (Wildman–Crippen MR) is 105 cm³/mol. The highest BCUT2D eigenvalue weighted by atomic mass is 32.2. The molecule has 0 saturated carbocycles. The third-order valence-electron chi connectivity index (χ3n) is 4.61. The number of nitrogens with one attached hydrogen (secondary N) is 1. The quantitative estimate of drug-likeness (QED) is 0.651. The molecule has 0 bridgehead atoms. The van der Waals surface area contributed by atoms with Crippen molar-refractivity contribution >= 4 is 28.0 Å². The molecule has 10 nitrogen and oxygen atoms in total. The van der Waals surface area contributed by atoms with Gasteiger partial charge in [-0.25, -0.2) is 13.1 Å². The number of rotatable bonds is 6. The average Bonchev–Trinajstić information content (AvgIpc) is 3.33. The first-order valence-electron chi connectivity index (χ1n) is 8.95. The maximum Gasteiger partial charge on any atom is 0.288 e. The highest BCUT2D eigenvalue weighted by Gasteiger charge is 2.29. The molecule has 0 aliphatic carbocycles. The van der Waals surface area contributed by atoms with Crippen LogP contribution in [0.3, 0.4) is 0 Å². The van der Waals surface area contributed by atoms with Gasteiger partial charge >= 0.3 is 0 Å². The minimum Gasteiger partial charge on any atom is -0.454 e. The van der Waals surface area contributed by atoms with Gasteiger partial charge in [-0.05, 0) is 43.9 Å². The summed E-state index contributed by atoms with van der Waals surface area (Å²) in [5.41, 5.74) is 0.696. The summed E-state index contributed by atoms with van der Waals surface area (Å²) in [4.78, 5) is 14.1. The van der Waals surface area contributed by atoms with E-state index in [0.717, 1.165) is 0 Å². The van der Waals surface area contributed by atoms with Gasteiger partial charge in [0.15, 0.2) is 21.3 Å². The molecule has 4 rings (SSSR count). The smallest absolute Gasteiger partial charge is 0.288 e. The summed E-state index contributed by atoms with van der Waals surface area (Å²) < 4.78 is 40.7. The second-order valence-electron chi connectivity index (χ2n) is 7.06. The average molecular weight is 441 g/mol. The summed E-state index contributed by atoms with van der Waals surface area (Å²) in [6.45, 7) is 0.490. The van der Waals surface area contributed by atoms with Crippen LogP contribution in [0.1, 0.15) is 6.42 Å². The van der Waals surface area contributed by atoms with Crippen LogP contribution >= 0.6 is 12.2 Å². The van der Waals surface area contributed by atoms with E-state index in [1.807, 2.05) is 0 Å². The summed E-state index contributed by atoms with van der Waals surface area (Å²) >= 11 is 5.23. The monoisotopic (exact) mass is 440 g/mol. The number of fused-ring (bicyclic) bond motifs is 1. The molecule has 1 atom stereocenters. The van der Waals surface area contributed by atoms with Crippen LogP contribution in [0.15, 0.2) is 22.6 Å². The number of benzene rings is 1. The fraction of sp³-hybridized carbons (Fsp3) is 0.471. The summed E-state index contributed by atoms with van der Waals surface area (Å²) in [5, 5.41) is 7.13. The van der Waals surface area contributed by atoms with Gasteiger partial charge in [0.2, 0.25) is 18.6 Å². The van der Waals surface area contributed by atoms with E-state index in [2.05, 4.69) is 10.4 Å². The van der Waals surface area contributed by atoms with E-state index in [1.54, 1.807) is 30.1 Å². The van der Waals surface area contributed by atoms with Crippen LogP contribution in [-0.2, 0) is 21.3 Å². The second kappa shape index (κ2) is 7.76. The van der Waals surface area contributed by atoms with Crippen molar-refractivity contribution in [3.63, 3.8) is 0 Å². The molecule has 0 radical (unpaired) electrons. The van der Waals surface area contributed by atoms with Crippen LogP contribution in [-0.4, -0.2) is 66.9 Å². The van der Waals surface area contributed by atoms with Crippen LogP contribution in [0.2, 0.25) is 0 Å². The lowest BCUT2D eigenvalue weighted by Gasteiger charge is -2.17. The zero-order valence-corrected chi connectivity index (χ0v) is 17.3. The molecule has 3 heterocycles. The van der Waals surface area contributed by atoms with Gasteiger partial charge in [-0.15, -0.1) is 5.10 Å². The Bertz CT molecular complexity index is 1090. The Morgan fingerprint density at radius 2 is 2.17 bits per heavy atom. The molecule has 1 aromatic carbocycles. The first-order valence-corrected chi connectivity index (χ1v) is 11.2. The van der Waals surface area contributed by atoms with Gasteiger partial charge in [-0.3, -0.25) is 9.69 Å². The molecule has 1 N–H and O–H groups in total. The van der Waals surface area contributed by atoms with Crippen LogP contribution in [0, 0.1) is 4.84 Å². The van der Waals surface area contributed by atoms with E-state index in [9.17, 15) is 13.2 Å². The van der Waals surface area contributed by atoms with E-state index < -0.39 is 9.84 Å². The van der Waals surface area contributed by atoms with Crippen LogP contribution in [0.4, 0.5) is 0 Å². The Hall–Kier alpha value is -2.44. The highest BCUT2D eigenvalue weighted by molar-refractivity contribution is 7.91. The number of nitrogens with zero attached hydrogens (tertiary/aromatic N) is 3. The topological polar surface area (TPSA) is 116 Å². The standard InChI is InChI=1S/C17H20N4O6S2/c1-20(7-15(22)18-12-4-5-29(23,24)8-12)9-21-17(28)27-16(19-21)11-2-3-13-14(6-11)26-10-25-13/h2-3,6,12H,4-5,7-10H2,1H3,(H,18,22). The molecular weight excluding hydrogens is 420 g/mol. The van der Waals surface area contributed by atoms with E-state index in [0.29, 0.717) is 29.4 Å². The first-order chi connectivity index (χ1) is 13.8. The zero-order valence-electron chi connectivity index (χ0n) is 15.7. The Morgan fingerprint density at radius 3 is 2.93 bits per heavy atom. The number of aromatic nitrogens is 2. The molecule has 1 saturated heterocycles. The molecule has 2 aliphatic heterocycles. The summed E-state index contributed by atoms with van der Waals surface area (Å²) in [6, 6.07) is 5.01. The Balaban J connectivity index is 1.37. The number of hydrogen-bond acceptors (Lipinski definition) is 9. The lowest BCUT2D eigenvalue weighted by Crippen LogP contribution is -2.42. The van der Waals surface area contributed by atoms with Gasteiger partial charge < -0.3 is 19.2 Å². The molecular formula is C17H20N4O6S2. The van der Waals surface area contributed by atoms with Gasteiger partial charge in [0.25, 0.3) is 4.84 Å². The number of sulfone groups is 1. The summed E-state index contributed by atoms with van der Waals surface area (Å²) in [6.07, 6.45) is 0.449. The van der Waals surface area contributed by atoms with E-state index >= 15 is 0 Å². The van der Waals surface area contributed by atoms with E-state index in [4.69, 9.17) is 26.1 Å². The lowest BCUT2D eigenvalue weighted by atomic mass is 10.2. The van der Waals surface area contributed by atoms with Gasteiger partial charge in [-0.2, -0.15) is 0 Å². The van der Waals surface area contributed by atoms with Crippen LogP contribution in [0.5, 0.6) is 11.5 Å². The van der Waals surface area contributed by atoms with E-state index in [-0.39, 0.29) is 48.3 Å². The molecule has 1 aromatic heterocycles. The normalized spacial score (nSPS) is 19.6. The Labute approximate surface area is 172 Å². The SMILES string of the molecule is CN(CC(=O)NC1CCS(=O)(=O)C1)Cn1nc(-c2ccc3c(c2)OCO3)oc1=S. The third kappa shape index (κ3) is 4.60. The van der Waals surface area contributed by atoms with Crippen molar-refractivity contribution in [2.24, 2.45) is 0 Å². The first kappa shape index (κ1) is 19.9. The molecule has 156 valence electrons. The van der Waals surface area contributed by atoms with Gasteiger partial charge in [0.05, 0.1) is 24.7 Å². The molecule has 1 unspecified atom stereocenters. The number of amides is 1. The van der Waals surface area contributed by atoms with Crippen molar-refractivity contribution in [3.05, 3.63) is 23.0 Å². The molecule has 1 amide bonds. The van der Waals surface area contributed by atoms with Crippen LogP contribution < -0.4 is 14.8 Å². The number of carbonyl (C=O) groups excluding carboxylic acids is 1. The maximum atomic E-state index is 12.2. The molecule has 29 heavy (non-hydrogen) atoms. The fourth-order valence-electron chi connectivity index (χ4n) is 3.25. The van der Waals surface area contributed by atoms with Gasteiger partial charge in [0, 0.05) is 11.6 Å². The minimum atomic E-state index is -3.04. The maximum absolute atomic E-state index is 12.2. The van der Waals surface area contributed by atoms with Crippen LogP contribution in [0.25, 0.3) is 11.5 Å². The molecule has 12 heteroatoms. The van der Waals surface area contributed by atoms with Crippen molar-refractivity contribution in [1.29, 1.82) is 0 Å². The number of likely N-dealkylation sites (N-methyl/N-ethyl adjacent to an activating group) is 1.